The van der Waals surface area contributed by atoms with E-state index in [0.29, 0.717) is 5.52 Å². The molecule has 0 aliphatic carbocycles. The normalized spacial score (nSPS) is 12.4. The number of benzene rings is 2. The molecule has 0 amide bonds. The molecule has 1 aromatic heterocycles. The molecular formula is C15H15N3O6S2. The Labute approximate surface area is 149 Å². The number of hydrogen-bond acceptors (Lipinski definition) is 6. The van der Waals surface area contributed by atoms with Gasteiger partial charge in [-0.25, -0.2) is 26.4 Å². The largest absolute Gasteiger partial charge is 0.419 e. The second-order valence-corrected chi connectivity index (χ2v) is 8.96. The van der Waals surface area contributed by atoms with E-state index in [1.54, 1.807) is 0 Å². The number of aromatic nitrogens is 1. The van der Waals surface area contributed by atoms with Crippen molar-refractivity contribution in [2.75, 3.05) is 11.8 Å². The number of rotatable bonds is 5. The van der Waals surface area contributed by atoms with Crippen molar-refractivity contribution >= 4 is 36.8 Å². The number of sulfonamides is 2. The number of anilines is 1. The fourth-order valence-electron chi connectivity index (χ4n) is 2.32. The summed E-state index contributed by atoms with van der Waals surface area (Å²) in [5.74, 6) is -0.594. The van der Waals surface area contributed by atoms with Crippen molar-refractivity contribution in [2.24, 2.45) is 7.05 Å². The van der Waals surface area contributed by atoms with Gasteiger partial charge in [-0.05, 0) is 43.4 Å². The average molecular weight is 397 g/mol. The van der Waals surface area contributed by atoms with Gasteiger partial charge in [0.2, 0.25) is 10.0 Å². The Balaban J connectivity index is 1.93. The maximum atomic E-state index is 12.5. The summed E-state index contributed by atoms with van der Waals surface area (Å²) in [5, 5.41) is 0. The summed E-state index contributed by atoms with van der Waals surface area (Å²) in [4.78, 5) is 11.4. The first-order valence-electron chi connectivity index (χ1n) is 7.30. The minimum absolute atomic E-state index is 0.00966. The molecule has 3 aromatic rings. The van der Waals surface area contributed by atoms with E-state index in [-0.39, 0.29) is 21.1 Å². The molecule has 0 saturated carbocycles. The molecule has 0 atom stereocenters. The minimum atomic E-state index is -3.95. The van der Waals surface area contributed by atoms with Gasteiger partial charge in [0, 0.05) is 18.8 Å². The van der Waals surface area contributed by atoms with Gasteiger partial charge in [-0.2, -0.15) is 0 Å². The van der Waals surface area contributed by atoms with Crippen molar-refractivity contribution in [2.45, 2.75) is 9.79 Å². The lowest BCUT2D eigenvalue weighted by Gasteiger charge is -2.09. The molecule has 3 rings (SSSR count). The van der Waals surface area contributed by atoms with Crippen LogP contribution in [-0.2, 0) is 27.1 Å². The van der Waals surface area contributed by atoms with E-state index in [4.69, 9.17) is 4.42 Å². The highest BCUT2D eigenvalue weighted by molar-refractivity contribution is 7.92. The van der Waals surface area contributed by atoms with Crippen molar-refractivity contribution in [1.29, 1.82) is 0 Å². The van der Waals surface area contributed by atoms with Crippen LogP contribution in [0, 0.1) is 0 Å². The second-order valence-electron chi connectivity index (χ2n) is 5.39. The lowest BCUT2D eigenvalue weighted by molar-refractivity contribution is 0.527. The minimum Gasteiger partial charge on any atom is -0.408 e. The van der Waals surface area contributed by atoms with Gasteiger partial charge in [0.15, 0.2) is 5.58 Å². The van der Waals surface area contributed by atoms with Gasteiger partial charge in [-0.3, -0.25) is 9.29 Å². The van der Waals surface area contributed by atoms with Gasteiger partial charge < -0.3 is 4.42 Å². The second kappa shape index (κ2) is 6.27. The third-order valence-electron chi connectivity index (χ3n) is 3.76. The summed E-state index contributed by atoms with van der Waals surface area (Å²) in [6.45, 7) is 0. The van der Waals surface area contributed by atoms with Crippen LogP contribution in [0.25, 0.3) is 11.1 Å². The van der Waals surface area contributed by atoms with E-state index >= 15 is 0 Å². The lowest BCUT2D eigenvalue weighted by Crippen LogP contribution is -2.18. The number of hydrogen-bond donors (Lipinski definition) is 2. The first kappa shape index (κ1) is 18.2. The molecule has 2 aromatic carbocycles. The van der Waals surface area contributed by atoms with Crippen LogP contribution in [0.2, 0.25) is 0 Å². The third kappa shape index (κ3) is 3.23. The van der Waals surface area contributed by atoms with Gasteiger partial charge in [0.25, 0.3) is 10.0 Å². The summed E-state index contributed by atoms with van der Waals surface area (Å²) < 4.78 is 59.2. The van der Waals surface area contributed by atoms with Crippen LogP contribution in [-0.4, -0.2) is 28.5 Å². The molecule has 2 N–H and O–H groups in total. The highest BCUT2D eigenvalue weighted by Crippen LogP contribution is 2.21. The SMILES string of the molecule is CNS(=O)(=O)c1ccc(NS(=O)(=O)c2ccc3c(c2)oc(=O)n3C)cc1. The van der Waals surface area contributed by atoms with Crippen LogP contribution in [0.3, 0.4) is 0 Å². The molecule has 0 unspecified atom stereocenters. The average Bonchev–Trinajstić information content (AvgIpc) is 2.89. The monoisotopic (exact) mass is 397 g/mol. The summed E-state index contributed by atoms with van der Waals surface area (Å²) in [7, 11) is -4.76. The number of aryl methyl sites for hydroxylation is 1. The van der Waals surface area contributed by atoms with Crippen molar-refractivity contribution in [3.05, 3.63) is 53.0 Å². The Kier molecular flexibility index (Phi) is 4.38. The van der Waals surface area contributed by atoms with E-state index in [0.717, 1.165) is 0 Å². The van der Waals surface area contributed by atoms with E-state index in [9.17, 15) is 21.6 Å². The fraction of sp³-hybridized carbons (Fsp3) is 0.133. The van der Waals surface area contributed by atoms with Crippen LogP contribution < -0.4 is 15.2 Å². The van der Waals surface area contributed by atoms with Crippen LogP contribution in [0.1, 0.15) is 0 Å². The summed E-state index contributed by atoms with van der Waals surface area (Å²) in [6.07, 6.45) is 0. The van der Waals surface area contributed by atoms with Crippen LogP contribution in [0.5, 0.6) is 0 Å². The third-order valence-corrected chi connectivity index (χ3v) is 6.57. The van der Waals surface area contributed by atoms with Gasteiger partial charge in [0.1, 0.15) is 0 Å². The molecule has 0 fully saturated rings. The summed E-state index contributed by atoms with van der Waals surface area (Å²) in [6, 6.07) is 9.30. The van der Waals surface area contributed by atoms with Gasteiger partial charge in [-0.15, -0.1) is 0 Å². The zero-order valence-corrected chi connectivity index (χ0v) is 15.4. The molecule has 138 valence electrons. The number of nitrogens with zero attached hydrogens (tertiary/aromatic N) is 1. The smallest absolute Gasteiger partial charge is 0.408 e. The zero-order valence-electron chi connectivity index (χ0n) is 13.8. The predicted octanol–water partition coefficient (Wildman–Crippen LogP) is 0.840. The molecule has 0 spiro atoms. The number of oxazole rings is 1. The molecular weight excluding hydrogens is 382 g/mol. The standard InChI is InChI=1S/C15H15N3O6S2/c1-16-25(20,21)11-5-3-10(4-6-11)17-26(22,23)12-7-8-13-14(9-12)24-15(19)18(13)2/h3-9,16-17H,1-2H3. The van der Waals surface area contributed by atoms with Gasteiger partial charge >= 0.3 is 5.76 Å². The summed E-state index contributed by atoms with van der Waals surface area (Å²) >= 11 is 0. The predicted molar refractivity (Wildman–Crippen MR) is 95.0 cm³/mol. The zero-order chi connectivity index (χ0) is 19.1. The van der Waals surface area contributed by atoms with E-state index < -0.39 is 25.8 Å². The van der Waals surface area contributed by atoms with Gasteiger partial charge in [0.05, 0.1) is 15.3 Å². The van der Waals surface area contributed by atoms with Gasteiger partial charge in [-0.1, -0.05) is 0 Å². The molecule has 0 saturated heterocycles. The van der Waals surface area contributed by atoms with Crippen molar-refractivity contribution in [3.8, 4) is 0 Å². The van der Waals surface area contributed by atoms with Crippen LogP contribution in [0.4, 0.5) is 5.69 Å². The molecule has 0 aliphatic heterocycles. The number of nitrogens with one attached hydrogen (secondary N) is 2. The molecule has 9 nitrogen and oxygen atoms in total. The highest BCUT2D eigenvalue weighted by Gasteiger charge is 2.18. The van der Waals surface area contributed by atoms with Crippen LogP contribution >= 0.6 is 0 Å². The summed E-state index contributed by atoms with van der Waals surface area (Å²) in [5.41, 5.74) is 0.807. The first-order valence-corrected chi connectivity index (χ1v) is 10.3. The van der Waals surface area contributed by atoms with E-state index in [2.05, 4.69) is 9.44 Å². The first-order chi connectivity index (χ1) is 12.1. The fourth-order valence-corrected chi connectivity index (χ4v) is 4.12. The highest BCUT2D eigenvalue weighted by atomic mass is 32.2. The molecule has 26 heavy (non-hydrogen) atoms. The van der Waals surface area contributed by atoms with Crippen molar-refractivity contribution in [1.82, 2.24) is 9.29 Å². The Morgan fingerprint density at radius 3 is 2.15 bits per heavy atom. The number of fused-ring (bicyclic) bond motifs is 1. The Bertz CT molecular complexity index is 1240. The Morgan fingerprint density at radius 2 is 1.54 bits per heavy atom. The Hall–Kier alpha value is -2.63. The quantitative estimate of drug-likeness (QED) is 0.657. The van der Waals surface area contributed by atoms with Crippen LogP contribution in [0.15, 0.2) is 61.5 Å². The lowest BCUT2D eigenvalue weighted by atomic mass is 10.3. The maximum absolute atomic E-state index is 12.5. The molecule has 0 aliphatic rings. The maximum Gasteiger partial charge on any atom is 0.419 e. The molecule has 1 heterocycles. The van der Waals surface area contributed by atoms with E-state index in [1.165, 1.54) is 61.1 Å². The van der Waals surface area contributed by atoms with Crippen molar-refractivity contribution in [3.63, 3.8) is 0 Å². The molecule has 0 radical (unpaired) electrons. The molecule has 11 heteroatoms. The Morgan fingerprint density at radius 1 is 0.923 bits per heavy atom. The van der Waals surface area contributed by atoms with E-state index in [1.807, 2.05) is 0 Å². The topological polar surface area (TPSA) is 127 Å². The molecule has 0 bridgehead atoms. The van der Waals surface area contributed by atoms with Crippen molar-refractivity contribution < 1.29 is 21.3 Å².